The molecule has 0 fully saturated rings. The molecule has 0 bridgehead atoms. The Morgan fingerprint density at radius 1 is 1.57 bits per heavy atom. The molecule has 0 spiro atoms. The maximum absolute atomic E-state index is 9.63. The quantitative estimate of drug-likeness (QED) is 0.503. The van der Waals surface area contributed by atoms with Crippen LogP contribution in [0.25, 0.3) is 0 Å². The lowest BCUT2D eigenvalue weighted by molar-refractivity contribution is -0.103. The molecule has 0 aromatic heterocycles. The summed E-state index contributed by atoms with van der Waals surface area (Å²) in [7, 11) is 1.56. The summed E-state index contributed by atoms with van der Waals surface area (Å²) in [5.74, 6) is 0. The van der Waals surface area contributed by atoms with Gasteiger partial charge in [0.05, 0.1) is 12.2 Å². The normalized spacial score (nSPS) is 16.4. The van der Waals surface area contributed by atoms with Gasteiger partial charge in [0.2, 0.25) is 0 Å². The van der Waals surface area contributed by atoms with Gasteiger partial charge < -0.3 is 14.6 Å². The highest BCUT2D eigenvalue weighted by atomic mass is 16.7. The van der Waals surface area contributed by atoms with Crippen molar-refractivity contribution in [3.05, 3.63) is 24.3 Å². The Morgan fingerprint density at radius 3 is 2.71 bits per heavy atom. The minimum absolute atomic E-state index is 0.211. The molecule has 0 amide bonds. The van der Waals surface area contributed by atoms with E-state index in [0.717, 1.165) is 5.57 Å². The molecule has 0 saturated heterocycles. The molecular formula is C11H20O3. The average Bonchev–Trinajstić information content (AvgIpc) is 2.21. The smallest absolute Gasteiger partial charge is 0.146 e. The van der Waals surface area contributed by atoms with E-state index in [0.29, 0.717) is 6.42 Å². The van der Waals surface area contributed by atoms with Crippen molar-refractivity contribution in [3.63, 3.8) is 0 Å². The van der Waals surface area contributed by atoms with Crippen LogP contribution in [0.1, 0.15) is 20.3 Å². The maximum Gasteiger partial charge on any atom is 0.146 e. The topological polar surface area (TPSA) is 38.7 Å². The van der Waals surface area contributed by atoms with Crippen molar-refractivity contribution in [2.45, 2.75) is 32.5 Å². The molecule has 0 rings (SSSR count). The molecule has 0 aromatic carbocycles. The van der Waals surface area contributed by atoms with Gasteiger partial charge in [-0.1, -0.05) is 24.3 Å². The van der Waals surface area contributed by atoms with Gasteiger partial charge >= 0.3 is 0 Å². The highest BCUT2D eigenvalue weighted by Gasteiger charge is 2.12. The summed E-state index contributed by atoms with van der Waals surface area (Å²) in [6, 6.07) is 0. The number of allylic oxidation sites excluding steroid dienone is 2. The van der Waals surface area contributed by atoms with Crippen LogP contribution >= 0.6 is 0 Å². The lowest BCUT2D eigenvalue weighted by Crippen LogP contribution is -2.26. The second-order valence-electron chi connectivity index (χ2n) is 3.23. The zero-order chi connectivity index (χ0) is 11.0. The Bertz CT molecular complexity index is 187. The molecule has 2 atom stereocenters. The molecule has 3 nitrogen and oxygen atoms in total. The Morgan fingerprint density at radius 2 is 2.21 bits per heavy atom. The molecule has 3 heteroatoms. The van der Waals surface area contributed by atoms with Gasteiger partial charge in [0.1, 0.15) is 6.79 Å². The molecule has 0 aliphatic carbocycles. The number of hydrogen-bond acceptors (Lipinski definition) is 3. The van der Waals surface area contributed by atoms with Crippen LogP contribution in [-0.2, 0) is 9.47 Å². The van der Waals surface area contributed by atoms with E-state index in [9.17, 15) is 5.11 Å². The van der Waals surface area contributed by atoms with E-state index >= 15 is 0 Å². The van der Waals surface area contributed by atoms with Crippen LogP contribution in [0.3, 0.4) is 0 Å². The third kappa shape index (κ3) is 5.91. The summed E-state index contributed by atoms with van der Waals surface area (Å²) in [6.45, 7) is 7.61. The molecule has 0 aliphatic rings. The Labute approximate surface area is 86.0 Å². The van der Waals surface area contributed by atoms with Crippen molar-refractivity contribution in [3.8, 4) is 0 Å². The van der Waals surface area contributed by atoms with Gasteiger partial charge in [0, 0.05) is 7.11 Å². The summed E-state index contributed by atoms with van der Waals surface area (Å²) in [5, 5.41) is 9.63. The lowest BCUT2D eigenvalue weighted by Gasteiger charge is -2.17. The van der Waals surface area contributed by atoms with Crippen LogP contribution in [0, 0.1) is 0 Å². The van der Waals surface area contributed by atoms with Crippen LogP contribution in [0.5, 0.6) is 0 Å². The number of hydrogen-bond donors (Lipinski definition) is 1. The van der Waals surface area contributed by atoms with Crippen molar-refractivity contribution in [2.75, 3.05) is 13.9 Å². The minimum Gasteiger partial charge on any atom is -0.390 e. The number of aliphatic hydroxyl groups is 1. The molecule has 14 heavy (non-hydrogen) atoms. The first-order valence-corrected chi connectivity index (χ1v) is 4.69. The molecule has 0 aliphatic heterocycles. The van der Waals surface area contributed by atoms with Gasteiger partial charge in [-0.3, -0.25) is 0 Å². The van der Waals surface area contributed by atoms with Crippen LogP contribution < -0.4 is 0 Å². The lowest BCUT2D eigenvalue weighted by atomic mass is 10.1. The van der Waals surface area contributed by atoms with Gasteiger partial charge in [-0.15, -0.1) is 0 Å². The number of aliphatic hydroxyl groups excluding tert-OH is 1. The van der Waals surface area contributed by atoms with Crippen molar-refractivity contribution < 1.29 is 14.6 Å². The van der Waals surface area contributed by atoms with Gasteiger partial charge in [-0.2, -0.15) is 0 Å². The molecule has 0 heterocycles. The van der Waals surface area contributed by atoms with Crippen LogP contribution in [0.2, 0.25) is 0 Å². The molecule has 82 valence electrons. The highest BCUT2D eigenvalue weighted by Crippen LogP contribution is 2.06. The van der Waals surface area contributed by atoms with E-state index in [1.165, 1.54) is 0 Å². The Balaban J connectivity index is 3.82. The van der Waals surface area contributed by atoms with Crippen LogP contribution in [-0.4, -0.2) is 31.2 Å². The maximum atomic E-state index is 9.63. The summed E-state index contributed by atoms with van der Waals surface area (Å²) < 4.78 is 9.94. The van der Waals surface area contributed by atoms with E-state index in [1.807, 2.05) is 19.9 Å². The third-order valence-electron chi connectivity index (χ3n) is 1.99. The second-order valence-corrected chi connectivity index (χ2v) is 3.23. The summed E-state index contributed by atoms with van der Waals surface area (Å²) in [5.41, 5.74) is 1.06. The number of ether oxygens (including phenoxy) is 2. The Hall–Kier alpha value is -0.640. The molecule has 0 unspecified atom stereocenters. The first kappa shape index (κ1) is 13.4. The van der Waals surface area contributed by atoms with E-state index in [2.05, 4.69) is 6.58 Å². The fourth-order valence-electron chi connectivity index (χ4n) is 0.868. The molecule has 0 aromatic rings. The SMILES string of the molecule is C=CC(C)=CC[C@@H](O)[C@H](C)OCOC. The predicted octanol–water partition coefficient (Wildman–Crippen LogP) is 1.88. The zero-order valence-electron chi connectivity index (χ0n) is 9.19. The monoisotopic (exact) mass is 200 g/mol. The fraction of sp³-hybridized carbons (Fsp3) is 0.636. The average molecular weight is 200 g/mol. The molecule has 0 saturated carbocycles. The van der Waals surface area contributed by atoms with Gasteiger partial charge in [0.25, 0.3) is 0 Å². The van der Waals surface area contributed by atoms with E-state index in [4.69, 9.17) is 9.47 Å². The third-order valence-corrected chi connectivity index (χ3v) is 1.99. The number of methoxy groups -OCH3 is 1. The summed E-state index contributed by atoms with van der Waals surface area (Å²) in [6.07, 6.45) is 3.55. The standard InChI is InChI=1S/C11H20O3/c1-5-9(2)6-7-11(12)10(3)14-8-13-4/h5-6,10-12H,1,7-8H2,2-4H3/t10-,11+/m0/s1. The Kier molecular flexibility index (Phi) is 7.38. The van der Waals surface area contributed by atoms with Crippen molar-refractivity contribution in [1.82, 2.24) is 0 Å². The van der Waals surface area contributed by atoms with Crippen molar-refractivity contribution >= 4 is 0 Å². The van der Waals surface area contributed by atoms with Gasteiger partial charge in [-0.05, 0) is 20.3 Å². The number of rotatable bonds is 7. The van der Waals surface area contributed by atoms with Crippen molar-refractivity contribution in [2.24, 2.45) is 0 Å². The first-order valence-electron chi connectivity index (χ1n) is 4.69. The second kappa shape index (κ2) is 7.74. The fourth-order valence-corrected chi connectivity index (χ4v) is 0.868. The summed E-state index contributed by atoms with van der Waals surface area (Å²) in [4.78, 5) is 0. The largest absolute Gasteiger partial charge is 0.390 e. The van der Waals surface area contributed by atoms with E-state index in [1.54, 1.807) is 13.2 Å². The zero-order valence-corrected chi connectivity index (χ0v) is 9.19. The predicted molar refractivity (Wildman–Crippen MR) is 57.0 cm³/mol. The van der Waals surface area contributed by atoms with Crippen molar-refractivity contribution in [1.29, 1.82) is 0 Å². The minimum atomic E-state index is -0.500. The first-order chi connectivity index (χ1) is 6.61. The van der Waals surface area contributed by atoms with Gasteiger partial charge in [0.15, 0.2) is 0 Å². The molecule has 1 N–H and O–H groups in total. The summed E-state index contributed by atoms with van der Waals surface area (Å²) >= 11 is 0. The van der Waals surface area contributed by atoms with Gasteiger partial charge in [-0.25, -0.2) is 0 Å². The van der Waals surface area contributed by atoms with E-state index in [-0.39, 0.29) is 12.9 Å². The molecule has 0 radical (unpaired) electrons. The highest BCUT2D eigenvalue weighted by molar-refractivity contribution is 5.12. The van der Waals surface area contributed by atoms with Crippen LogP contribution in [0.4, 0.5) is 0 Å². The molecular weight excluding hydrogens is 180 g/mol. The van der Waals surface area contributed by atoms with Crippen LogP contribution in [0.15, 0.2) is 24.3 Å². The van der Waals surface area contributed by atoms with E-state index < -0.39 is 6.10 Å².